The molecule has 4 aromatic carbocycles. The van der Waals surface area contributed by atoms with Crippen LogP contribution in [-0.4, -0.2) is 48.0 Å². The van der Waals surface area contributed by atoms with Gasteiger partial charge in [0.1, 0.15) is 5.75 Å². The maximum Gasteiger partial charge on any atom is 0.305 e. The van der Waals surface area contributed by atoms with Crippen molar-refractivity contribution in [2.75, 3.05) is 20.2 Å². The smallest absolute Gasteiger partial charge is 0.305 e. The molecular weight excluding hydrogens is 516 g/mol. The van der Waals surface area contributed by atoms with E-state index in [4.69, 9.17) is 4.74 Å². The normalized spacial score (nSPS) is 10.6. The minimum atomic E-state index is -0.967. The van der Waals surface area contributed by atoms with Crippen molar-refractivity contribution in [1.82, 2.24) is 10.2 Å². The number of hydrogen-bond acceptors (Lipinski definition) is 4. The summed E-state index contributed by atoms with van der Waals surface area (Å²) in [5, 5.41) is 12.3. The highest BCUT2D eigenvalue weighted by atomic mass is 16.5. The van der Waals surface area contributed by atoms with Gasteiger partial charge in [-0.1, -0.05) is 78.4 Å². The summed E-state index contributed by atoms with van der Waals surface area (Å²) in [4.78, 5) is 40.2. The van der Waals surface area contributed by atoms with Gasteiger partial charge in [0, 0.05) is 30.8 Å². The number of nitrogens with one attached hydrogen (secondary N) is 1. The molecular formula is C34H34N2O5. The molecule has 0 saturated heterocycles. The van der Waals surface area contributed by atoms with Gasteiger partial charge < -0.3 is 20.1 Å². The Morgan fingerprint density at radius 1 is 0.756 bits per heavy atom. The van der Waals surface area contributed by atoms with Crippen LogP contribution in [0.25, 0.3) is 11.1 Å². The maximum absolute atomic E-state index is 13.9. The molecule has 0 unspecified atom stereocenters. The van der Waals surface area contributed by atoms with Crippen molar-refractivity contribution in [2.24, 2.45) is 0 Å². The first-order valence-electron chi connectivity index (χ1n) is 13.5. The molecule has 0 bridgehead atoms. The van der Waals surface area contributed by atoms with Crippen LogP contribution < -0.4 is 10.1 Å². The molecule has 0 aliphatic carbocycles. The number of nitrogens with zero attached hydrogens (tertiary/aromatic N) is 1. The third-order valence-electron chi connectivity index (χ3n) is 6.91. The summed E-state index contributed by atoms with van der Waals surface area (Å²) in [6.07, 6.45) is 0.435. The van der Waals surface area contributed by atoms with Crippen molar-refractivity contribution in [3.05, 3.63) is 125 Å². The topological polar surface area (TPSA) is 95.9 Å². The summed E-state index contributed by atoms with van der Waals surface area (Å²) in [6, 6.07) is 29.9. The van der Waals surface area contributed by atoms with Gasteiger partial charge in [-0.3, -0.25) is 14.4 Å². The second kappa shape index (κ2) is 13.9. The van der Waals surface area contributed by atoms with Gasteiger partial charge in [0.2, 0.25) is 0 Å². The van der Waals surface area contributed by atoms with Crippen LogP contribution >= 0.6 is 0 Å². The number of hydrogen-bond donors (Lipinski definition) is 2. The van der Waals surface area contributed by atoms with E-state index in [1.54, 1.807) is 36.3 Å². The van der Waals surface area contributed by atoms with Crippen molar-refractivity contribution < 1.29 is 24.2 Å². The van der Waals surface area contributed by atoms with Crippen molar-refractivity contribution in [3.8, 4) is 16.9 Å². The number of carboxylic acid groups (broad SMARTS) is 1. The van der Waals surface area contributed by atoms with E-state index in [-0.39, 0.29) is 24.8 Å². The predicted molar refractivity (Wildman–Crippen MR) is 159 cm³/mol. The molecule has 41 heavy (non-hydrogen) atoms. The van der Waals surface area contributed by atoms with Crippen LogP contribution in [0.4, 0.5) is 0 Å². The number of ether oxygens (including phenoxy) is 1. The molecule has 7 nitrogen and oxygen atoms in total. The highest BCUT2D eigenvalue weighted by Crippen LogP contribution is 2.28. The standard InChI is InChI=1S/C34H34N2O5/c1-24-11-13-25(14-12-24)19-21-36(22-20-32(37)38)34(40)31-10-6-4-8-29(31)28-7-3-5-9-30(28)33(39)35-23-26-15-17-27(41-2)18-16-26/h3-18H,19-23H2,1-2H3,(H,35,39)(H,37,38). The zero-order valence-electron chi connectivity index (χ0n) is 23.3. The Bertz CT molecular complexity index is 1500. The van der Waals surface area contributed by atoms with Gasteiger partial charge in [-0.2, -0.15) is 0 Å². The fourth-order valence-electron chi connectivity index (χ4n) is 4.58. The van der Waals surface area contributed by atoms with E-state index in [1.165, 1.54) is 0 Å². The van der Waals surface area contributed by atoms with Crippen molar-refractivity contribution >= 4 is 17.8 Å². The maximum atomic E-state index is 13.9. The van der Waals surface area contributed by atoms with Crippen molar-refractivity contribution in [2.45, 2.75) is 26.3 Å². The van der Waals surface area contributed by atoms with Crippen LogP contribution in [0.2, 0.25) is 0 Å². The molecule has 0 fully saturated rings. The first kappa shape index (κ1) is 29.1. The Hall–Kier alpha value is -4.91. The molecule has 0 aliphatic rings. The lowest BCUT2D eigenvalue weighted by Crippen LogP contribution is -2.35. The lowest BCUT2D eigenvalue weighted by atomic mass is 9.94. The Balaban J connectivity index is 1.58. The molecule has 0 aliphatic heterocycles. The molecule has 210 valence electrons. The fourth-order valence-corrected chi connectivity index (χ4v) is 4.58. The summed E-state index contributed by atoms with van der Waals surface area (Å²) in [5.41, 5.74) is 5.23. The summed E-state index contributed by atoms with van der Waals surface area (Å²) < 4.78 is 5.20. The molecule has 4 rings (SSSR count). The van der Waals surface area contributed by atoms with E-state index in [0.29, 0.717) is 41.8 Å². The number of methoxy groups -OCH3 is 1. The first-order valence-corrected chi connectivity index (χ1v) is 13.5. The number of amides is 2. The Morgan fingerprint density at radius 2 is 1.34 bits per heavy atom. The third kappa shape index (κ3) is 7.82. The summed E-state index contributed by atoms with van der Waals surface area (Å²) in [5.74, 6) is -0.767. The number of carbonyl (C=O) groups excluding carboxylic acids is 2. The molecule has 0 spiro atoms. The van der Waals surface area contributed by atoms with Crippen LogP contribution in [0.1, 0.15) is 43.8 Å². The quantitative estimate of drug-likeness (QED) is 0.234. The lowest BCUT2D eigenvalue weighted by Gasteiger charge is -2.24. The summed E-state index contributed by atoms with van der Waals surface area (Å²) in [6.45, 7) is 2.80. The Kier molecular flexibility index (Phi) is 9.89. The predicted octanol–water partition coefficient (Wildman–Crippen LogP) is 5.76. The molecule has 0 radical (unpaired) electrons. The number of aryl methyl sites for hydroxylation is 1. The number of benzene rings is 4. The fraction of sp³-hybridized carbons (Fsp3) is 0.206. The largest absolute Gasteiger partial charge is 0.497 e. The van der Waals surface area contributed by atoms with Crippen LogP contribution in [0.3, 0.4) is 0 Å². The van der Waals surface area contributed by atoms with Crippen LogP contribution in [0.15, 0.2) is 97.1 Å². The highest BCUT2D eigenvalue weighted by molar-refractivity contribution is 6.06. The van der Waals surface area contributed by atoms with E-state index in [0.717, 1.165) is 22.4 Å². The molecule has 2 amide bonds. The van der Waals surface area contributed by atoms with Crippen LogP contribution in [0, 0.1) is 6.92 Å². The number of rotatable bonds is 12. The monoisotopic (exact) mass is 550 g/mol. The molecule has 0 aromatic heterocycles. The van der Waals surface area contributed by atoms with E-state index in [2.05, 4.69) is 5.32 Å². The minimum absolute atomic E-state index is 0.0817. The van der Waals surface area contributed by atoms with Gasteiger partial charge in [0.15, 0.2) is 0 Å². The van der Waals surface area contributed by atoms with Crippen LogP contribution in [0.5, 0.6) is 5.75 Å². The second-order valence-electron chi connectivity index (χ2n) is 9.79. The minimum Gasteiger partial charge on any atom is -0.497 e. The van der Waals surface area contributed by atoms with E-state index in [9.17, 15) is 19.5 Å². The van der Waals surface area contributed by atoms with Crippen molar-refractivity contribution in [1.29, 1.82) is 0 Å². The SMILES string of the molecule is COc1ccc(CNC(=O)c2ccccc2-c2ccccc2C(=O)N(CCC(=O)O)CCc2ccc(C)cc2)cc1. The van der Waals surface area contributed by atoms with Gasteiger partial charge in [0.25, 0.3) is 11.8 Å². The van der Waals surface area contributed by atoms with Gasteiger partial charge in [-0.25, -0.2) is 0 Å². The van der Waals surface area contributed by atoms with Crippen molar-refractivity contribution in [3.63, 3.8) is 0 Å². The molecule has 7 heteroatoms. The van der Waals surface area contributed by atoms with Gasteiger partial charge >= 0.3 is 5.97 Å². The van der Waals surface area contributed by atoms with E-state index in [1.807, 2.05) is 79.7 Å². The molecule has 0 heterocycles. The second-order valence-corrected chi connectivity index (χ2v) is 9.79. The average Bonchev–Trinajstić information content (AvgIpc) is 3.00. The van der Waals surface area contributed by atoms with E-state index < -0.39 is 5.97 Å². The first-order chi connectivity index (χ1) is 19.9. The van der Waals surface area contributed by atoms with Gasteiger partial charge in [-0.15, -0.1) is 0 Å². The molecule has 0 atom stereocenters. The average molecular weight is 551 g/mol. The highest BCUT2D eigenvalue weighted by Gasteiger charge is 2.22. The zero-order valence-corrected chi connectivity index (χ0v) is 23.3. The number of aliphatic carboxylic acids is 1. The number of carbonyl (C=O) groups is 3. The molecule has 0 saturated carbocycles. The Morgan fingerprint density at radius 3 is 1.98 bits per heavy atom. The Labute approximate surface area is 240 Å². The van der Waals surface area contributed by atoms with E-state index >= 15 is 0 Å². The third-order valence-corrected chi connectivity index (χ3v) is 6.91. The zero-order chi connectivity index (χ0) is 29.2. The van der Waals surface area contributed by atoms with Crippen LogP contribution in [-0.2, 0) is 17.8 Å². The number of carboxylic acids is 1. The summed E-state index contributed by atoms with van der Waals surface area (Å²) >= 11 is 0. The lowest BCUT2D eigenvalue weighted by molar-refractivity contribution is -0.137. The summed E-state index contributed by atoms with van der Waals surface area (Å²) in [7, 11) is 1.60. The van der Waals surface area contributed by atoms with Gasteiger partial charge in [0.05, 0.1) is 13.5 Å². The molecule has 2 N–H and O–H groups in total. The van der Waals surface area contributed by atoms with Gasteiger partial charge in [-0.05, 0) is 59.9 Å². The molecule has 4 aromatic rings.